The molecular weight excluding hydrogens is 625 g/mol. The highest BCUT2D eigenvalue weighted by Gasteiger charge is 2.50. The first-order valence-corrected chi connectivity index (χ1v) is 17.8. The quantitative estimate of drug-likeness (QED) is 0.189. The van der Waals surface area contributed by atoms with Gasteiger partial charge in [0.2, 0.25) is 0 Å². The van der Waals surface area contributed by atoms with Gasteiger partial charge in [0.1, 0.15) is 0 Å². The first kappa shape index (κ1) is 28.9. The molecule has 8 aromatic rings. The van der Waals surface area contributed by atoms with Crippen molar-refractivity contribution in [1.29, 1.82) is 0 Å². The van der Waals surface area contributed by atoms with Crippen LogP contribution in [-0.4, -0.2) is 9.97 Å². The van der Waals surface area contributed by atoms with E-state index in [1.807, 2.05) is 17.8 Å². The number of fused-ring (bicyclic) bond motifs is 9. The van der Waals surface area contributed by atoms with Gasteiger partial charge < -0.3 is 0 Å². The third-order valence-corrected chi connectivity index (χ3v) is 11.3. The largest absolute Gasteiger partial charge is 0.228 e. The van der Waals surface area contributed by atoms with Gasteiger partial charge in [-0.2, -0.15) is 0 Å². The monoisotopic (exact) mass is 654 g/mol. The van der Waals surface area contributed by atoms with Crippen molar-refractivity contribution in [3.63, 3.8) is 0 Å². The van der Waals surface area contributed by atoms with Crippen LogP contribution in [0.15, 0.2) is 192 Å². The average Bonchev–Trinajstić information content (AvgIpc) is 3.49. The highest BCUT2D eigenvalue weighted by molar-refractivity contribution is 7.99. The van der Waals surface area contributed by atoms with E-state index in [9.17, 15) is 0 Å². The molecule has 0 radical (unpaired) electrons. The Labute approximate surface area is 296 Å². The van der Waals surface area contributed by atoms with Crippen LogP contribution >= 0.6 is 11.8 Å². The Kier molecular flexibility index (Phi) is 6.68. The number of aromatic nitrogens is 2. The molecule has 0 bridgehead atoms. The van der Waals surface area contributed by atoms with E-state index < -0.39 is 5.41 Å². The summed E-state index contributed by atoms with van der Waals surface area (Å²) in [5.41, 5.74) is 14.6. The molecule has 0 fully saturated rings. The molecule has 1 aliphatic carbocycles. The fourth-order valence-electron chi connectivity index (χ4n) is 8.05. The number of hydrogen-bond acceptors (Lipinski definition) is 3. The van der Waals surface area contributed by atoms with E-state index in [1.54, 1.807) is 0 Å². The van der Waals surface area contributed by atoms with Gasteiger partial charge >= 0.3 is 0 Å². The van der Waals surface area contributed by atoms with Gasteiger partial charge in [-0.15, -0.1) is 0 Å². The van der Waals surface area contributed by atoms with Crippen LogP contribution in [0, 0.1) is 0 Å². The zero-order valence-electron chi connectivity index (χ0n) is 27.1. The van der Waals surface area contributed by atoms with E-state index in [4.69, 9.17) is 9.97 Å². The predicted octanol–water partition coefficient (Wildman–Crippen LogP) is 12.0. The van der Waals surface area contributed by atoms with E-state index in [0.717, 1.165) is 33.6 Å². The Balaban J connectivity index is 1.25. The summed E-state index contributed by atoms with van der Waals surface area (Å²) in [6.45, 7) is 0. The van der Waals surface area contributed by atoms with E-state index in [1.165, 1.54) is 48.7 Å². The fourth-order valence-corrected chi connectivity index (χ4v) is 9.25. The van der Waals surface area contributed by atoms with Gasteiger partial charge in [0.05, 0.1) is 16.8 Å². The maximum atomic E-state index is 5.34. The van der Waals surface area contributed by atoms with Crippen molar-refractivity contribution in [2.75, 3.05) is 0 Å². The molecule has 10 rings (SSSR count). The Bertz CT molecular complexity index is 2530. The van der Waals surface area contributed by atoms with E-state index in [2.05, 4.69) is 176 Å². The summed E-state index contributed by atoms with van der Waals surface area (Å²) in [5.74, 6) is 0.714. The lowest BCUT2D eigenvalue weighted by molar-refractivity contribution is 0.722. The molecule has 1 spiro atoms. The van der Waals surface area contributed by atoms with Crippen LogP contribution in [0.4, 0.5) is 0 Å². The Morgan fingerprint density at radius 2 is 0.880 bits per heavy atom. The van der Waals surface area contributed by atoms with E-state index >= 15 is 0 Å². The standard InChI is InChI=1S/C47H30N2S/c1-3-15-31(16-4-1)33-19-13-20-34(29-33)41-30-42(49-46(48-41)32-17-5-2-6-18-32)36-22-14-26-40-45(36)35-21-7-8-23-37(35)47(40)38-24-9-11-27-43(38)50-44-28-12-10-25-39(44)47/h1-30H. The Morgan fingerprint density at radius 1 is 0.360 bits per heavy atom. The minimum atomic E-state index is -0.442. The van der Waals surface area contributed by atoms with Crippen LogP contribution in [0.3, 0.4) is 0 Å². The Morgan fingerprint density at radius 3 is 1.62 bits per heavy atom. The van der Waals surface area contributed by atoms with Gasteiger partial charge in [-0.3, -0.25) is 0 Å². The van der Waals surface area contributed by atoms with Crippen molar-refractivity contribution in [2.24, 2.45) is 0 Å². The van der Waals surface area contributed by atoms with Crippen LogP contribution in [0.5, 0.6) is 0 Å². The molecule has 1 aliphatic heterocycles. The van der Waals surface area contributed by atoms with Crippen molar-refractivity contribution in [2.45, 2.75) is 15.2 Å². The summed E-state index contributed by atoms with van der Waals surface area (Å²) in [4.78, 5) is 13.1. The molecule has 2 nitrogen and oxygen atoms in total. The molecule has 3 heteroatoms. The van der Waals surface area contributed by atoms with Crippen LogP contribution in [0.25, 0.3) is 56.2 Å². The van der Waals surface area contributed by atoms with Crippen molar-refractivity contribution in [3.8, 4) is 56.2 Å². The fraction of sp³-hybridized carbons (Fsp3) is 0.0213. The summed E-state index contributed by atoms with van der Waals surface area (Å²) in [5, 5.41) is 0. The molecule has 7 aromatic carbocycles. The molecular formula is C47H30N2S. The van der Waals surface area contributed by atoms with Crippen molar-refractivity contribution < 1.29 is 0 Å². The maximum Gasteiger partial charge on any atom is 0.160 e. The molecule has 0 amide bonds. The lowest BCUT2D eigenvalue weighted by Crippen LogP contribution is -2.31. The first-order chi connectivity index (χ1) is 24.8. The van der Waals surface area contributed by atoms with E-state index in [0.29, 0.717) is 5.82 Å². The van der Waals surface area contributed by atoms with Crippen LogP contribution in [-0.2, 0) is 5.41 Å². The van der Waals surface area contributed by atoms with Gasteiger partial charge in [0.25, 0.3) is 0 Å². The normalized spacial score (nSPS) is 13.3. The third kappa shape index (κ3) is 4.37. The second-order valence-electron chi connectivity index (χ2n) is 12.9. The lowest BCUT2D eigenvalue weighted by atomic mass is 9.67. The summed E-state index contributed by atoms with van der Waals surface area (Å²) in [6.07, 6.45) is 0. The zero-order chi connectivity index (χ0) is 33.1. The summed E-state index contributed by atoms with van der Waals surface area (Å²) < 4.78 is 0. The molecule has 2 aliphatic rings. The van der Waals surface area contributed by atoms with E-state index in [-0.39, 0.29) is 0 Å². The van der Waals surface area contributed by atoms with Crippen LogP contribution in [0.2, 0.25) is 0 Å². The average molecular weight is 655 g/mol. The molecule has 0 unspecified atom stereocenters. The topological polar surface area (TPSA) is 25.8 Å². The number of benzene rings is 7. The second kappa shape index (κ2) is 11.5. The smallest absolute Gasteiger partial charge is 0.160 e. The summed E-state index contributed by atoms with van der Waals surface area (Å²) in [6, 6.07) is 65.4. The third-order valence-electron chi connectivity index (χ3n) is 10.2. The van der Waals surface area contributed by atoms with Gasteiger partial charge in [-0.1, -0.05) is 169 Å². The predicted molar refractivity (Wildman–Crippen MR) is 205 cm³/mol. The van der Waals surface area contributed by atoms with Gasteiger partial charge in [0.15, 0.2) is 5.82 Å². The number of hydrogen-bond donors (Lipinski definition) is 0. The van der Waals surface area contributed by atoms with Gasteiger partial charge in [-0.05, 0) is 68.8 Å². The van der Waals surface area contributed by atoms with Crippen molar-refractivity contribution in [1.82, 2.24) is 9.97 Å². The lowest BCUT2D eigenvalue weighted by Gasteiger charge is -2.39. The second-order valence-corrected chi connectivity index (χ2v) is 14.0. The molecule has 0 saturated heterocycles. The molecule has 50 heavy (non-hydrogen) atoms. The molecule has 1 aromatic heterocycles. The van der Waals surface area contributed by atoms with Crippen LogP contribution in [0.1, 0.15) is 22.3 Å². The summed E-state index contributed by atoms with van der Waals surface area (Å²) in [7, 11) is 0. The number of nitrogens with zero attached hydrogens (tertiary/aromatic N) is 2. The molecule has 2 heterocycles. The number of rotatable bonds is 4. The molecule has 0 atom stereocenters. The van der Waals surface area contributed by atoms with Crippen molar-refractivity contribution >= 4 is 11.8 Å². The van der Waals surface area contributed by atoms with Gasteiger partial charge in [0, 0.05) is 26.5 Å². The maximum absolute atomic E-state index is 5.34. The Hall–Kier alpha value is -6.03. The highest BCUT2D eigenvalue weighted by Crippen LogP contribution is 2.63. The van der Waals surface area contributed by atoms with Crippen molar-refractivity contribution in [3.05, 3.63) is 204 Å². The summed E-state index contributed by atoms with van der Waals surface area (Å²) >= 11 is 1.87. The highest BCUT2D eigenvalue weighted by atomic mass is 32.2. The first-order valence-electron chi connectivity index (χ1n) is 17.0. The molecule has 0 N–H and O–H groups in total. The zero-order valence-corrected chi connectivity index (χ0v) is 27.9. The van der Waals surface area contributed by atoms with Crippen LogP contribution < -0.4 is 0 Å². The minimum absolute atomic E-state index is 0.442. The molecule has 234 valence electrons. The SMILES string of the molecule is c1ccc(-c2cccc(-c3cc(-c4cccc5c4-c4ccccc4C54c5ccccc5Sc5ccccc54)nc(-c4ccccc4)n3)c2)cc1. The minimum Gasteiger partial charge on any atom is -0.228 e. The molecule has 0 saturated carbocycles. The van der Waals surface area contributed by atoms with Gasteiger partial charge in [-0.25, -0.2) is 9.97 Å².